The molecule has 0 unspecified atom stereocenters. The van der Waals surface area contributed by atoms with Crippen LogP contribution in [-0.4, -0.2) is 22.0 Å². The summed E-state index contributed by atoms with van der Waals surface area (Å²) < 4.78 is 6.72. The Morgan fingerprint density at radius 3 is 2.95 bits per heavy atom. The van der Waals surface area contributed by atoms with E-state index in [2.05, 4.69) is 4.98 Å². The van der Waals surface area contributed by atoms with Crippen molar-refractivity contribution in [2.75, 3.05) is 6.61 Å². The normalized spacial score (nSPS) is 11.0. The number of H-pyrrole nitrogens is 1. The molecule has 0 aliphatic heterocycles. The van der Waals surface area contributed by atoms with E-state index >= 15 is 0 Å². The first kappa shape index (κ1) is 11.5. The molecule has 2 heterocycles. The SMILES string of the molecule is CCOC(=O)c1cn2c(cc(=O)c3ccccc32)[nH]1. The lowest BCUT2D eigenvalue weighted by atomic mass is 10.2. The van der Waals surface area contributed by atoms with Gasteiger partial charge in [0.05, 0.1) is 12.1 Å². The van der Waals surface area contributed by atoms with Crippen molar-refractivity contribution in [3.05, 3.63) is 52.4 Å². The number of nitrogens with one attached hydrogen (secondary N) is 1. The first-order chi connectivity index (χ1) is 9.20. The number of benzene rings is 1. The first-order valence-corrected chi connectivity index (χ1v) is 6.01. The number of para-hydroxylation sites is 1. The molecule has 0 saturated heterocycles. The third kappa shape index (κ3) is 1.79. The van der Waals surface area contributed by atoms with Crippen molar-refractivity contribution >= 4 is 22.5 Å². The Balaban J connectivity index is 2.31. The van der Waals surface area contributed by atoms with E-state index < -0.39 is 5.97 Å². The predicted octanol–water partition coefficient (Wildman–Crippen LogP) is 1.96. The van der Waals surface area contributed by atoms with Crippen LogP contribution in [0.5, 0.6) is 0 Å². The summed E-state index contributed by atoms with van der Waals surface area (Å²) in [5.74, 6) is -0.428. The van der Waals surface area contributed by atoms with Crippen LogP contribution >= 0.6 is 0 Å². The monoisotopic (exact) mass is 256 g/mol. The van der Waals surface area contributed by atoms with Crippen LogP contribution in [0, 0.1) is 0 Å². The summed E-state index contributed by atoms with van der Waals surface area (Å²) in [7, 11) is 0. The molecule has 2 aromatic heterocycles. The van der Waals surface area contributed by atoms with Crippen LogP contribution in [0.3, 0.4) is 0 Å². The number of aromatic nitrogens is 2. The average molecular weight is 256 g/mol. The number of aromatic amines is 1. The van der Waals surface area contributed by atoms with Crippen LogP contribution < -0.4 is 5.43 Å². The Kier molecular flexibility index (Phi) is 2.59. The van der Waals surface area contributed by atoms with E-state index in [1.165, 1.54) is 6.07 Å². The van der Waals surface area contributed by atoms with E-state index in [0.717, 1.165) is 5.52 Å². The second-order valence-electron chi connectivity index (χ2n) is 4.17. The summed E-state index contributed by atoms with van der Waals surface area (Å²) in [5, 5.41) is 0.620. The highest BCUT2D eigenvalue weighted by Crippen LogP contribution is 2.14. The maximum absolute atomic E-state index is 11.9. The minimum Gasteiger partial charge on any atom is -0.461 e. The van der Waals surface area contributed by atoms with Crippen LogP contribution in [0.25, 0.3) is 16.6 Å². The first-order valence-electron chi connectivity index (χ1n) is 6.01. The van der Waals surface area contributed by atoms with E-state index in [1.807, 2.05) is 18.2 Å². The molecule has 0 fully saturated rings. The van der Waals surface area contributed by atoms with Crippen molar-refractivity contribution < 1.29 is 9.53 Å². The van der Waals surface area contributed by atoms with E-state index in [4.69, 9.17) is 4.74 Å². The molecule has 96 valence electrons. The summed E-state index contributed by atoms with van der Waals surface area (Å²) in [4.78, 5) is 26.5. The number of imidazole rings is 1. The maximum Gasteiger partial charge on any atom is 0.356 e. The molecule has 0 aliphatic carbocycles. The number of pyridine rings is 1. The standard InChI is InChI=1S/C14H12N2O3/c1-2-19-14(18)10-8-16-11-6-4-3-5-9(11)12(17)7-13(16)15-10/h3-8,15H,2H2,1H3. The predicted molar refractivity (Wildman–Crippen MR) is 71.5 cm³/mol. The van der Waals surface area contributed by atoms with Crippen LogP contribution in [0.4, 0.5) is 0 Å². The summed E-state index contributed by atoms with van der Waals surface area (Å²) in [6, 6.07) is 8.75. The quantitative estimate of drug-likeness (QED) is 0.713. The number of nitrogens with zero attached hydrogens (tertiary/aromatic N) is 1. The number of esters is 1. The van der Waals surface area contributed by atoms with Gasteiger partial charge < -0.3 is 14.1 Å². The van der Waals surface area contributed by atoms with Gasteiger partial charge in [-0.15, -0.1) is 0 Å². The van der Waals surface area contributed by atoms with E-state index in [9.17, 15) is 9.59 Å². The number of carbonyl (C=O) groups is 1. The van der Waals surface area contributed by atoms with Gasteiger partial charge in [-0.1, -0.05) is 12.1 Å². The van der Waals surface area contributed by atoms with Gasteiger partial charge in [-0.25, -0.2) is 4.79 Å². The molecule has 0 saturated carbocycles. The number of hydrogen-bond donors (Lipinski definition) is 1. The van der Waals surface area contributed by atoms with Gasteiger partial charge in [-0.3, -0.25) is 4.79 Å². The molecular formula is C14H12N2O3. The Morgan fingerprint density at radius 2 is 2.16 bits per heavy atom. The number of hydrogen-bond acceptors (Lipinski definition) is 3. The van der Waals surface area contributed by atoms with Crippen molar-refractivity contribution in [3.8, 4) is 0 Å². The second kappa shape index (κ2) is 4.28. The van der Waals surface area contributed by atoms with Gasteiger partial charge in [0.2, 0.25) is 0 Å². The molecule has 0 amide bonds. The minimum atomic E-state index is -0.428. The highest BCUT2D eigenvalue weighted by atomic mass is 16.5. The molecule has 0 bridgehead atoms. The molecule has 0 atom stereocenters. The van der Waals surface area contributed by atoms with Gasteiger partial charge in [0.25, 0.3) is 0 Å². The molecule has 0 radical (unpaired) electrons. The van der Waals surface area contributed by atoms with Crippen molar-refractivity contribution in [2.45, 2.75) is 6.92 Å². The summed E-state index contributed by atoms with van der Waals surface area (Å²) in [5.41, 5.74) is 1.59. The van der Waals surface area contributed by atoms with Crippen molar-refractivity contribution in [1.82, 2.24) is 9.38 Å². The minimum absolute atomic E-state index is 0.0761. The van der Waals surface area contributed by atoms with Gasteiger partial charge in [-0.2, -0.15) is 0 Å². The molecular weight excluding hydrogens is 244 g/mol. The molecule has 0 aliphatic rings. The van der Waals surface area contributed by atoms with Crippen molar-refractivity contribution in [3.63, 3.8) is 0 Å². The molecule has 1 aromatic carbocycles. The Morgan fingerprint density at radius 1 is 1.37 bits per heavy atom. The fourth-order valence-electron chi connectivity index (χ4n) is 2.14. The zero-order chi connectivity index (χ0) is 13.4. The molecule has 3 rings (SSSR count). The van der Waals surface area contributed by atoms with Crippen molar-refractivity contribution in [2.24, 2.45) is 0 Å². The third-order valence-electron chi connectivity index (χ3n) is 2.97. The fourth-order valence-corrected chi connectivity index (χ4v) is 2.14. The van der Waals surface area contributed by atoms with Gasteiger partial charge >= 0.3 is 5.97 Å². The number of ether oxygens (including phenoxy) is 1. The van der Waals surface area contributed by atoms with Gasteiger partial charge in [0.1, 0.15) is 11.3 Å². The van der Waals surface area contributed by atoms with Crippen LogP contribution in [0.2, 0.25) is 0 Å². The van der Waals surface area contributed by atoms with Crippen molar-refractivity contribution in [1.29, 1.82) is 0 Å². The molecule has 5 nitrogen and oxygen atoms in total. The highest BCUT2D eigenvalue weighted by molar-refractivity contribution is 5.89. The van der Waals surface area contributed by atoms with Gasteiger partial charge in [0.15, 0.2) is 5.43 Å². The Labute approximate surface area is 108 Å². The van der Waals surface area contributed by atoms with Gasteiger partial charge in [-0.05, 0) is 19.1 Å². The van der Waals surface area contributed by atoms with Gasteiger partial charge in [0, 0.05) is 17.6 Å². The summed E-state index contributed by atoms with van der Waals surface area (Å²) >= 11 is 0. The zero-order valence-corrected chi connectivity index (χ0v) is 10.3. The topological polar surface area (TPSA) is 63.6 Å². The highest BCUT2D eigenvalue weighted by Gasteiger charge is 2.12. The lowest BCUT2D eigenvalue weighted by Gasteiger charge is -1.99. The van der Waals surface area contributed by atoms with Crippen LogP contribution in [0.1, 0.15) is 17.4 Å². The zero-order valence-electron chi connectivity index (χ0n) is 10.3. The number of fused-ring (bicyclic) bond motifs is 3. The largest absolute Gasteiger partial charge is 0.461 e. The van der Waals surface area contributed by atoms with E-state index in [-0.39, 0.29) is 5.43 Å². The van der Waals surface area contributed by atoms with Crippen LogP contribution in [-0.2, 0) is 4.74 Å². The van der Waals surface area contributed by atoms with E-state index in [0.29, 0.717) is 23.3 Å². The average Bonchev–Trinajstić information content (AvgIpc) is 2.83. The molecule has 1 N–H and O–H groups in total. The molecule has 5 heteroatoms. The second-order valence-corrected chi connectivity index (χ2v) is 4.17. The number of rotatable bonds is 2. The smallest absolute Gasteiger partial charge is 0.356 e. The Bertz CT molecular complexity index is 829. The number of carbonyl (C=O) groups excluding carboxylic acids is 1. The van der Waals surface area contributed by atoms with Crippen LogP contribution in [0.15, 0.2) is 41.3 Å². The van der Waals surface area contributed by atoms with E-state index in [1.54, 1.807) is 23.6 Å². The summed E-state index contributed by atoms with van der Waals surface area (Å²) in [6.07, 6.45) is 1.65. The maximum atomic E-state index is 11.9. The molecule has 3 aromatic rings. The fraction of sp³-hybridized carbons (Fsp3) is 0.143. The molecule has 19 heavy (non-hydrogen) atoms. The summed E-state index contributed by atoms with van der Waals surface area (Å²) in [6.45, 7) is 2.06. The lowest BCUT2D eigenvalue weighted by Crippen LogP contribution is -2.04. The third-order valence-corrected chi connectivity index (χ3v) is 2.97. The molecule has 0 spiro atoms. The Hall–Kier alpha value is -2.56. The lowest BCUT2D eigenvalue weighted by molar-refractivity contribution is 0.0520.